The van der Waals surface area contributed by atoms with Gasteiger partial charge in [-0.25, -0.2) is 4.79 Å². The van der Waals surface area contributed by atoms with Gasteiger partial charge in [-0.3, -0.25) is 0 Å². The Hall–Kier alpha value is -3.56. The molecule has 0 spiro atoms. The molecule has 1 unspecified atom stereocenters. The summed E-state index contributed by atoms with van der Waals surface area (Å²) in [6.07, 6.45) is 0. The van der Waals surface area contributed by atoms with E-state index >= 15 is 0 Å². The van der Waals surface area contributed by atoms with E-state index in [-0.39, 0.29) is 11.8 Å². The first-order valence-corrected chi connectivity index (χ1v) is 9.60. The molecular weight excluding hydrogens is 432 g/mol. The highest BCUT2D eigenvalue weighted by atomic mass is 79.9. The molecule has 0 saturated carbocycles. The minimum Gasteiger partial charge on any atom is -0.440 e. The van der Waals surface area contributed by atoms with Gasteiger partial charge in [0.1, 0.15) is 23.1 Å². The zero-order valence-corrected chi connectivity index (χ0v) is 16.7. The highest BCUT2D eigenvalue weighted by Gasteiger charge is 2.31. The SMILES string of the molecule is N#CC1=C(N)Oc2cc(OC(=O)c3ccccc3)ccc2C1c1cccc(Br)c1. The van der Waals surface area contributed by atoms with Gasteiger partial charge in [0.25, 0.3) is 0 Å². The van der Waals surface area contributed by atoms with Gasteiger partial charge in [-0.2, -0.15) is 5.26 Å². The molecule has 142 valence electrons. The Morgan fingerprint density at radius 1 is 1.07 bits per heavy atom. The molecule has 3 aromatic carbocycles. The molecule has 0 fully saturated rings. The Balaban J connectivity index is 1.71. The fourth-order valence-electron chi connectivity index (χ4n) is 3.27. The molecule has 1 atom stereocenters. The Bertz CT molecular complexity index is 1170. The highest BCUT2D eigenvalue weighted by Crippen LogP contribution is 2.43. The monoisotopic (exact) mass is 446 g/mol. The number of nitriles is 1. The lowest BCUT2D eigenvalue weighted by Crippen LogP contribution is -2.21. The Kier molecular flexibility index (Phi) is 5.07. The van der Waals surface area contributed by atoms with Gasteiger partial charge in [-0.15, -0.1) is 0 Å². The van der Waals surface area contributed by atoms with E-state index in [1.165, 1.54) is 0 Å². The molecule has 0 radical (unpaired) electrons. The molecule has 3 aromatic rings. The van der Waals surface area contributed by atoms with E-state index in [1.807, 2.05) is 30.3 Å². The number of hydrogen-bond acceptors (Lipinski definition) is 5. The fourth-order valence-corrected chi connectivity index (χ4v) is 3.69. The van der Waals surface area contributed by atoms with Crippen molar-refractivity contribution in [1.82, 2.24) is 0 Å². The molecule has 1 heterocycles. The molecule has 6 heteroatoms. The predicted octanol–water partition coefficient (Wildman–Crippen LogP) is 4.89. The van der Waals surface area contributed by atoms with Gasteiger partial charge in [0.05, 0.1) is 11.5 Å². The summed E-state index contributed by atoms with van der Waals surface area (Å²) in [6.45, 7) is 0. The smallest absolute Gasteiger partial charge is 0.343 e. The van der Waals surface area contributed by atoms with Gasteiger partial charge in [0.15, 0.2) is 0 Å². The summed E-state index contributed by atoms with van der Waals surface area (Å²) in [5.41, 5.74) is 8.49. The lowest BCUT2D eigenvalue weighted by molar-refractivity contribution is 0.0734. The first-order chi connectivity index (χ1) is 14.1. The maximum Gasteiger partial charge on any atom is 0.343 e. The Morgan fingerprint density at radius 3 is 2.59 bits per heavy atom. The van der Waals surface area contributed by atoms with Crippen molar-refractivity contribution in [3.63, 3.8) is 0 Å². The zero-order valence-electron chi connectivity index (χ0n) is 15.1. The van der Waals surface area contributed by atoms with Crippen molar-refractivity contribution in [3.05, 3.63) is 105 Å². The van der Waals surface area contributed by atoms with Gasteiger partial charge in [-0.05, 0) is 35.9 Å². The zero-order chi connectivity index (χ0) is 20.4. The van der Waals surface area contributed by atoms with Crippen LogP contribution in [0.25, 0.3) is 0 Å². The standard InChI is InChI=1S/C23H15BrN2O3/c24-16-8-4-7-15(11-16)21-18-10-9-17(12-20(18)29-22(26)19(21)13-25)28-23(27)14-5-2-1-3-6-14/h1-12,21H,26H2. The number of carbonyl (C=O) groups is 1. The van der Waals surface area contributed by atoms with Crippen molar-refractivity contribution in [1.29, 1.82) is 5.26 Å². The molecule has 0 amide bonds. The third kappa shape index (κ3) is 3.73. The van der Waals surface area contributed by atoms with Crippen molar-refractivity contribution in [2.45, 2.75) is 5.92 Å². The Labute approximate surface area is 176 Å². The summed E-state index contributed by atoms with van der Waals surface area (Å²) >= 11 is 3.47. The number of hydrogen-bond donors (Lipinski definition) is 1. The van der Waals surface area contributed by atoms with Gasteiger partial charge >= 0.3 is 5.97 Å². The van der Waals surface area contributed by atoms with Gasteiger partial charge < -0.3 is 15.2 Å². The molecular formula is C23H15BrN2O3. The van der Waals surface area contributed by atoms with E-state index in [9.17, 15) is 10.1 Å². The minimum atomic E-state index is -0.467. The third-order valence-electron chi connectivity index (χ3n) is 4.59. The van der Waals surface area contributed by atoms with Crippen molar-refractivity contribution >= 4 is 21.9 Å². The van der Waals surface area contributed by atoms with Crippen LogP contribution >= 0.6 is 15.9 Å². The highest BCUT2D eigenvalue weighted by molar-refractivity contribution is 9.10. The third-order valence-corrected chi connectivity index (χ3v) is 5.09. The van der Waals surface area contributed by atoms with E-state index in [4.69, 9.17) is 15.2 Å². The number of esters is 1. The first kappa shape index (κ1) is 18.8. The van der Waals surface area contributed by atoms with E-state index in [2.05, 4.69) is 22.0 Å². The molecule has 5 nitrogen and oxygen atoms in total. The number of carbonyl (C=O) groups excluding carboxylic acids is 1. The molecule has 0 aliphatic carbocycles. The minimum absolute atomic E-state index is 0.0384. The molecule has 2 N–H and O–H groups in total. The maximum absolute atomic E-state index is 12.3. The molecule has 29 heavy (non-hydrogen) atoms. The number of ether oxygens (including phenoxy) is 2. The van der Waals surface area contributed by atoms with Crippen LogP contribution in [-0.4, -0.2) is 5.97 Å². The molecule has 0 bridgehead atoms. The number of halogens is 1. The molecule has 1 aliphatic heterocycles. The van der Waals surface area contributed by atoms with E-state index in [1.54, 1.807) is 42.5 Å². The second kappa shape index (κ2) is 7.82. The second-order valence-electron chi connectivity index (χ2n) is 6.43. The van der Waals surface area contributed by atoms with Gasteiger partial charge in [0.2, 0.25) is 5.88 Å². The average Bonchev–Trinajstić information content (AvgIpc) is 2.73. The van der Waals surface area contributed by atoms with Crippen LogP contribution in [0.3, 0.4) is 0 Å². The van der Waals surface area contributed by atoms with E-state index in [0.717, 1.165) is 15.6 Å². The Morgan fingerprint density at radius 2 is 1.86 bits per heavy atom. The summed E-state index contributed by atoms with van der Waals surface area (Å²) in [7, 11) is 0. The lowest BCUT2D eigenvalue weighted by atomic mass is 9.83. The number of benzene rings is 3. The van der Waals surface area contributed by atoms with Gasteiger partial charge in [-0.1, -0.05) is 52.3 Å². The number of allylic oxidation sites excluding steroid dienone is 1. The molecule has 1 aliphatic rings. The number of fused-ring (bicyclic) bond motifs is 1. The van der Waals surface area contributed by atoms with Crippen molar-refractivity contribution in [2.75, 3.05) is 0 Å². The molecule has 4 rings (SSSR count). The summed E-state index contributed by atoms with van der Waals surface area (Å²) in [5.74, 6) is -0.0218. The largest absolute Gasteiger partial charge is 0.440 e. The lowest BCUT2D eigenvalue weighted by Gasteiger charge is -2.26. The van der Waals surface area contributed by atoms with Crippen LogP contribution in [-0.2, 0) is 0 Å². The summed E-state index contributed by atoms with van der Waals surface area (Å²) < 4.78 is 12.0. The molecule has 0 aromatic heterocycles. The van der Waals surface area contributed by atoms with Crippen LogP contribution in [0.2, 0.25) is 0 Å². The molecule has 0 saturated heterocycles. The van der Waals surface area contributed by atoms with Crippen LogP contribution in [0.1, 0.15) is 27.4 Å². The quantitative estimate of drug-likeness (QED) is 0.457. The topological polar surface area (TPSA) is 85.3 Å². The van der Waals surface area contributed by atoms with Crippen LogP contribution < -0.4 is 15.2 Å². The average molecular weight is 447 g/mol. The number of rotatable bonds is 3. The summed E-state index contributed by atoms with van der Waals surface area (Å²) in [4.78, 5) is 12.3. The van der Waals surface area contributed by atoms with Crippen molar-refractivity contribution < 1.29 is 14.3 Å². The van der Waals surface area contributed by atoms with Crippen molar-refractivity contribution in [3.8, 4) is 17.6 Å². The van der Waals surface area contributed by atoms with E-state index < -0.39 is 5.97 Å². The summed E-state index contributed by atoms with van der Waals surface area (Å²) in [5, 5.41) is 9.64. The maximum atomic E-state index is 12.3. The number of nitrogens with zero attached hydrogens (tertiary/aromatic N) is 1. The normalized spacial score (nSPS) is 15.1. The first-order valence-electron chi connectivity index (χ1n) is 8.81. The predicted molar refractivity (Wildman–Crippen MR) is 111 cm³/mol. The van der Waals surface area contributed by atoms with Crippen molar-refractivity contribution in [2.24, 2.45) is 5.73 Å². The van der Waals surface area contributed by atoms with Crippen LogP contribution in [0.4, 0.5) is 0 Å². The second-order valence-corrected chi connectivity index (χ2v) is 7.35. The van der Waals surface area contributed by atoms with Crippen LogP contribution in [0.15, 0.2) is 88.7 Å². The van der Waals surface area contributed by atoms with E-state index in [0.29, 0.717) is 22.6 Å². The number of nitrogens with two attached hydrogens (primary N) is 1. The summed E-state index contributed by atoms with van der Waals surface area (Å²) in [6, 6.07) is 23.7. The fraction of sp³-hybridized carbons (Fsp3) is 0.0435. The van der Waals surface area contributed by atoms with Gasteiger partial charge in [0, 0.05) is 16.1 Å². The van der Waals surface area contributed by atoms with Crippen LogP contribution in [0, 0.1) is 11.3 Å². The van der Waals surface area contributed by atoms with Crippen LogP contribution in [0.5, 0.6) is 11.5 Å².